The molecule has 7 nitrogen and oxygen atoms in total. The molecule has 7 heteroatoms. The topological polar surface area (TPSA) is 99.9 Å². The molecule has 114 valence electrons. The zero-order valence-electron chi connectivity index (χ0n) is 11.7. The molecular weight excluding hydrogens is 276 g/mol. The minimum absolute atomic E-state index is 0.152. The van der Waals surface area contributed by atoms with Crippen LogP contribution in [0.15, 0.2) is 22.8 Å². The molecule has 0 radical (unpaired) electrons. The van der Waals surface area contributed by atoms with E-state index in [0.717, 1.165) is 0 Å². The normalized spacial score (nSPS) is 17.3. The van der Waals surface area contributed by atoms with Crippen LogP contribution in [0.5, 0.6) is 0 Å². The zero-order valence-corrected chi connectivity index (χ0v) is 11.7. The number of hydrogen-bond acceptors (Lipinski definition) is 4. The number of hydrogen-bond donors (Lipinski definition) is 2. The predicted molar refractivity (Wildman–Crippen MR) is 72.6 cm³/mol. The Bertz CT molecular complexity index is 517. The first-order valence-electron chi connectivity index (χ1n) is 6.85. The van der Waals surface area contributed by atoms with Crippen LogP contribution >= 0.6 is 0 Å². The number of carboxylic acid groups (broad SMARTS) is 1. The van der Waals surface area contributed by atoms with E-state index in [1.165, 1.54) is 12.3 Å². The lowest BCUT2D eigenvalue weighted by Crippen LogP contribution is -2.49. The van der Waals surface area contributed by atoms with Gasteiger partial charge in [0.25, 0.3) is 5.91 Å². The summed E-state index contributed by atoms with van der Waals surface area (Å²) >= 11 is 0. The molecule has 1 fully saturated rings. The average molecular weight is 294 g/mol. The number of likely N-dealkylation sites (tertiary alicyclic amines) is 1. The fraction of sp³-hybridized carbons (Fsp3) is 0.500. The number of carbonyl (C=O) groups is 3. The molecule has 1 unspecified atom stereocenters. The van der Waals surface area contributed by atoms with Crippen LogP contribution in [0, 0.1) is 5.92 Å². The van der Waals surface area contributed by atoms with Gasteiger partial charge in [0, 0.05) is 13.1 Å². The molecule has 2 heterocycles. The standard InChI is InChI=1S/C14H18N2O5/c1-9(15-12(17)11-3-2-8-21-11)13(18)16-6-4-10(5-7-16)14(19)20/h2-3,8-10H,4-7H2,1H3,(H,15,17)(H,19,20). The van der Waals surface area contributed by atoms with Crippen molar-refractivity contribution < 1.29 is 23.9 Å². The van der Waals surface area contributed by atoms with Gasteiger partial charge in [-0.15, -0.1) is 0 Å². The maximum Gasteiger partial charge on any atom is 0.306 e. The minimum atomic E-state index is -0.818. The van der Waals surface area contributed by atoms with E-state index in [9.17, 15) is 14.4 Å². The Morgan fingerprint density at radius 2 is 2.05 bits per heavy atom. The number of piperidine rings is 1. The molecule has 0 spiro atoms. The summed E-state index contributed by atoms with van der Waals surface area (Å²) in [6.45, 7) is 2.40. The SMILES string of the molecule is CC(NC(=O)c1ccco1)C(=O)N1CCC(C(=O)O)CC1. The smallest absolute Gasteiger partial charge is 0.306 e. The van der Waals surface area contributed by atoms with Crippen molar-refractivity contribution >= 4 is 17.8 Å². The number of rotatable bonds is 4. The summed E-state index contributed by atoms with van der Waals surface area (Å²) in [7, 11) is 0. The Morgan fingerprint density at radius 1 is 1.38 bits per heavy atom. The molecule has 1 atom stereocenters. The molecule has 21 heavy (non-hydrogen) atoms. The van der Waals surface area contributed by atoms with Crippen LogP contribution in [0.1, 0.15) is 30.3 Å². The highest BCUT2D eigenvalue weighted by Gasteiger charge is 2.29. The zero-order chi connectivity index (χ0) is 15.4. The Labute approximate surface area is 121 Å². The first-order chi connectivity index (χ1) is 9.99. The van der Waals surface area contributed by atoms with E-state index >= 15 is 0 Å². The summed E-state index contributed by atoms with van der Waals surface area (Å²) in [5.74, 6) is -1.71. The van der Waals surface area contributed by atoms with Crippen LogP contribution in [0.4, 0.5) is 0 Å². The molecule has 2 rings (SSSR count). The van der Waals surface area contributed by atoms with Crippen LogP contribution in [0.25, 0.3) is 0 Å². The van der Waals surface area contributed by atoms with Crippen molar-refractivity contribution in [2.75, 3.05) is 13.1 Å². The van der Waals surface area contributed by atoms with Gasteiger partial charge in [-0.25, -0.2) is 0 Å². The number of nitrogens with zero attached hydrogens (tertiary/aromatic N) is 1. The number of carbonyl (C=O) groups excluding carboxylic acids is 2. The highest BCUT2D eigenvalue weighted by Crippen LogP contribution is 2.18. The average Bonchev–Trinajstić information content (AvgIpc) is 3.00. The second-order valence-corrected chi connectivity index (χ2v) is 5.11. The third-order valence-electron chi connectivity index (χ3n) is 3.62. The summed E-state index contributed by atoms with van der Waals surface area (Å²) in [5, 5.41) is 11.5. The number of nitrogens with one attached hydrogen (secondary N) is 1. The van der Waals surface area contributed by atoms with Gasteiger partial charge >= 0.3 is 5.97 Å². The molecule has 1 aromatic rings. The van der Waals surface area contributed by atoms with Crippen molar-refractivity contribution in [3.8, 4) is 0 Å². The van der Waals surface area contributed by atoms with Gasteiger partial charge in [-0.05, 0) is 31.9 Å². The maximum atomic E-state index is 12.2. The Hall–Kier alpha value is -2.31. The van der Waals surface area contributed by atoms with Gasteiger partial charge in [-0.1, -0.05) is 0 Å². The molecule has 0 aromatic carbocycles. The van der Waals surface area contributed by atoms with Gasteiger partial charge < -0.3 is 19.7 Å². The Kier molecular flexibility index (Phi) is 4.62. The Balaban J connectivity index is 1.86. The molecule has 1 aliphatic rings. The quantitative estimate of drug-likeness (QED) is 0.852. The van der Waals surface area contributed by atoms with Crippen molar-refractivity contribution in [2.45, 2.75) is 25.8 Å². The van der Waals surface area contributed by atoms with Crippen LogP contribution in [-0.4, -0.2) is 46.9 Å². The molecule has 0 aliphatic carbocycles. The van der Waals surface area contributed by atoms with Gasteiger partial charge in [-0.3, -0.25) is 14.4 Å². The lowest BCUT2D eigenvalue weighted by molar-refractivity contribution is -0.146. The molecule has 1 aliphatic heterocycles. The Morgan fingerprint density at radius 3 is 2.57 bits per heavy atom. The lowest BCUT2D eigenvalue weighted by Gasteiger charge is -2.32. The largest absolute Gasteiger partial charge is 0.481 e. The molecule has 1 aromatic heterocycles. The van der Waals surface area contributed by atoms with Crippen molar-refractivity contribution in [1.82, 2.24) is 10.2 Å². The summed E-state index contributed by atoms with van der Waals surface area (Å²) in [6.07, 6.45) is 2.28. The van der Waals surface area contributed by atoms with Crippen LogP contribution in [0.3, 0.4) is 0 Å². The molecular formula is C14H18N2O5. The van der Waals surface area contributed by atoms with E-state index in [1.54, 1.807) is 17.9 Å². The third-order valence-corrected chi connectivity index (χ3v) is 3.62. The molecule has 1 saturated heterocycles. The fourth-order valence-electron chi connectivity index (χ4n) is 2.36. The van der Waals surface area contributed by atoms with E-state index in [1.807, 2.05) is 0 Å². The van der Waals surface area contributed by atoms with Crippen LogP contribution < -0.4 is 5.32 Å². The molecule has 0 saturated carbocycles. The van der Waals surface area contributed by atoms with Gasteiger partial charge in [0.1, 0.15) is 6.04 Å². The summed E-state index contributed by atoms with van der Waals surface area (Å²) in [5.41, 5.74) is 0. The summed E-state index contributed by atoms with van der Waals surface area (Å²) in [6, 6.07) is 2.44. The number of furan rings is 1. The van der Waals surface area contributed by atoms with Gasteiger partial charge in [0.2, 0.25) is 5.91 Å². The molecule has 2 N–H and O–H groups in total. The first-order valence-corrected chi connectivity index (χ1v) is 6.85. The number of amides is 2. The minimum Gasteiger partial charge on any atom is -0.481 e. The van der Waals surface area contributed by atoms with E-state index in [0.29, 0.717) is 25.9 Å². The highest BCUT2D eigenvalue weighted by atomic mass is 16.4. The fourth-order valence-corrected chi connectivity index (χ4v) is 2.36. The second kappa shape index (κ2) is 6.43. The van der Waals surface area contributed by atoms with Crippen molar-refractivity contribution in [3.05, 3.63) is 24.2 Å². The van der Waals surface area contributed by atoms with E-state index in [-0.39, 0.29) is 17.6 Å². The number of aliphatic carboxylic acids is 1. The van der Waals surface area contributed by atoms with E-state index in [4.69, 9.17) is 9.52 Å². The maximum absolute atomic E-state index is 12.2. The molecule has 2 amide bonds. The first kappa shape index (κ1) is 15.1. The van der Waals surface area contributed by atoms with Crippen molar-refractivity contribution in [1.29, 1.82) is 0 Å². The molecule has 0 bridgehead atoms. The monoisotopic (exact) mass is 294 g/mol. The second-order valence-electron chi connectivity index (χ2n) is 5.11. The van der Waals surface area contributed by atoms with Gasteiger partial charge in [0.15, 0.2) is 5.76 Å². The third kappa shape index (κ3) is 3.62. The van der Waals surface area contributed by atoms with E-state index < -0.39 is 17.9 Å². The van der Waals surface area contributed by atoms with Crippen molar-refractivity contribution in [3.63, 3.8) is 0 Å². The van der Waals surface area contributed by atoms with Gasteiger partial charge in [-0.2, -0.15) is 0 Å². The predicted octanol–water partition coefficient (Wildman–Crippen LogP) is 0.721. The number of carboxylic acids is 1. The lowest BCUT2D eigenvalue weighted by atomic mass is 9.97. The van der Waals surface area contributed by atoms with Crippen LogP contribution in [-0.2, 0) is 9.59 Å². The van der Waals surface area contributed by atoms with Crippen LogP contribution in [0.2, 0.25) is 0 Å². The van der Waals surface area contributed by atoms with Crippen molar-refractivity contribution in [2.24, 2.45) is 5.92 Å². The van der Waals surface area contributed by atoms with E-state index in [2.05, 4.69) is 5.32 Å². The summed E-state index contributed by atoms with van der Waals surface area (Å²) in [4.78, 5) is 36.5. The summed E-state index contributed by atoms with van der Waals surface area (Å²) < 4.78 is 4.96. The highest BCUT2D eigenvalue weighted by molar-refractivity contribution is 5.95. The van der Waals surface area contributed by atoms with Gasteiger partial charge in [0.05, 0.1) is 12.2 Å².